The lowest BCUT2D eigenvalue weighted by Crippen LogP contribution is -2.55. The molecular formula is C22H34N2O3. The number of aliphatic hydroxyl groups is 1. The van der Waals surface area contributed by atoms with E-state index < -0.39 is 0 Å². The minimum atomic E-state index is 0.244. The molecule has 1 N–H and O–H groups in total. The van der Waals surface area contributed by atoms with Crippen molar-refractivity contribution in [1.82, 2.24) is 9.80 Å². The number of allylic oxidation sites excluding steroid dienone is 1. The predicted octanol–water partition coefficient (Wildman–Crippen LogP) is 2.85. The summed E-state index contributed by atoms with van der Waals surface area (Å²) in [4.78, 5) is 5.16. The molecule has 2 aliphatic rings. The fourth-order valence-electron chi connectivity index (χ4n) is 4.58. The molecule has 0 aromatic heterocycles. The Morgan fingerprint density at radius 1 is 1.33 bits per heavy atom. The molecule has 2 saturated heterocycles. The van der Waals surface area contributed by atoms with E-state index in [4.69, 9.17) is 9.47 Å². The zero-order valence-corrected chi connectivity index (χ0v) is 16.8. The molecule has 0 radical (unpaired) electrons. The van der Waals surface area contributed by atoms with Crippen molar-refractivity contribution in [3.63, 3.8) is 0 Å². The van der Waals surface area contributed by atoms with Crippen LogP contribution in [0.2, 0.25) is 0 Å². The van der Waals surface area contributed by atoms with Gasteiger partial charge in [0.05, 0.1) is 13.7 Å². The van der Waals surface area contributed by atoms with Crippen LogP contribution in [-0.2, 0) is 13.0 Å². The molecule has 2 atom stereocenters. The summed E-state index contributed by atoms with van der Waals surface area (Å²) in [6.07, 6.45) is 6.08. The van der Waals surface area contributed by atoms with Crippen LogP contribution < -0.4 is 9.47 Å². The van der Waals surface area contributed by atoms with Gasteiger partial charge in [0.15, 0.2) is 11.5 Å². The minimum Gasteiger partial charge on any atom is -0.493 e. The average molecular weight is 375 g/mol. The van der Waals surface area contributed by atoms with Gasteiger partial charge < -0.3 is 14.6 Å². The Balaban J connectivity index is 1.83. The van der Waals surface area contributed by atoms with Crippen molar-refractivity contribution >= 4 is 0 Å². The van der Waals surface area contributed by atoms with Crippen LogP contribution in [0.3, 0.4) is 0 Å². The van der Waals surface area contributed by atoms with E-state index in [9.17, 15) is 5.11 Å². The van der Waals surface area contributed by atoms with Gasteiger partial charge in [0, 0.05) is 43.9 Å². The molecule has 0 saturated carbocycles. The third-order valence-corrected chi connectivity index (χ3v) is 5.82. The SMILES string of the molecule is C=CCc1cc(CN2C[C@@H]3CCCN3C[C@@H]2CCO)cc(OC)c1OCC. The number of hydrogen-bond acceptors (Lipinski definition) is 5. The molecule has 1 aromatic rings. The lowest BCUT2D eigenvalue weighted by molar-refractivity contribution is 0.0333. The van der Waals surface area contributed by atoms with Gasteiger partial charge in [-0.2, -0.15) is 0 Å². The fraction of sp³-hybridized carbons (Fsp3) is 0.636. The van der Waals surface area contributed by atoms with E-state index in [-0.39, 0.29) is 6.61 Å². The zero-order valence-electron chi connectivity index (χ0n) is 16.8. The highest BCUT2D eigenvalue weighted by atomic mass is 16.5. The summed E-state index contributed by atoms with van der Waals surface area (Å²) >= 11 is 0. The number of ether oxygens (including phenoxy) is 2. The number of hydrogen-bond donors (Lipinski definition) is 1. The van der Waals surface area contributed by atoms with E-state index >= 15 is 0 Å². The quantitative estimate of drug-likeness (QED) is 0.674. The van der Waals surface area contributed by atoms with E-state index in [1.165, 1.54) is 24.9 Å². The second kappa shape index (κ2) is 9.58. The number of fused-ring (bicyclic) bond motifs is 1. The highest BCUT2D eigenvalue weighted by Crippen LogP contribution is 2.35. The number of nitrogens with zero attached hydrogens (tertiary/aromatic N) is 2. The number of methoxy groups -OCH3 is 1. The molecule has 0 unspecified atom stereocenters. The number of piperazine rings is 1. The Hall–Kier alpha value is -1.56. The molecule has 2 heterocycles. The Kier molecular flexibility index (Phi) is 7.16. The molecule has 0 amide bonds. The van der Waals surface area contributed by atoms with Gasteiger partial charge in [-0.25, -0.2) is 0 Å². The summed E-state index contributed by atoms with van der Waals surface area (Å²) in [6, 6.07) is 5.41. The molecule has 2 aliphatic heterocycles. The fourth-order valence-corrected chi connectivity index (χ4v) is 4.58. The molecule has 27 heavy (non-hydrogen) atoms. The smallest absolute Gasteiger partial charge is 0.164 e. The Bertz CT molecular complexity index is 634. The number of rotatable bonds is 9. The van der Waals surface area contributed by atoms with E-state index in [0.717, 1.165) is 49.5 Å². The Morgan fingerprint density at radius 3 is 2.89 bits per heavy atom. The average Bonchev–Trinajstić information content (AvgIpc) is 3.11. The summed E-state index contributed by atoms with van der Waals surface area (Å²) in [6.45, 7) is 11.0. The standard InChI is InChI=1S/C22H34N2O3/c1-4-7-18-12-17(13-21(26-3)22(18)27-5-2)14-24-16-19-8-6-10-23(19)15-20(24)9-11-25/h4,12-13,19-20,25H,1,5-11,14-16H2,2-3H3/t19-,20-/m0/s1. The summed E-state index contributed by atoms with van der Waals surface area (Å²) in [5.74, 6) is 1.63. The van der Waals surface area contributed by atoms with Crippen molar-refractivity contribution < 1.29 is 14.6 Å². The maximum absolute atomic E-state index is 9.54. The highest BCUT2D eigenvalue weighted by molar-refractivity contribution is 5.50. The summed E-state index contributed by atoms with van der Waals surface area (Å²) in [5.41, 5.74) is 2.36. The van der Waals surface area contributed by atoms with Gasteiger partial charge in [-0.1, -0.05) is 12.1 Å². The summed E-state index contributed by atoms with van der Waals surface area (Å²) in [7, 11) is 1.70. The van der Waals surface area contributed by atoms with Gasteiger partial charge in [-0.3, -0.25) is 9.80 Å². The topological polar surface area (TPSA) is 45.2 Å². The van der Waals surface area contributed by atoms with Crippen LogP contribution in [0.1, 0.15) is 37.3 Å². The van der Waals surface area contributed by atoms with E-state index in [1.807, 2.05) is 13.0 Å². The van der Waals surface area contributed by atoms with Gasteiger partial charge in [-0.05, 0) is 50.8 Å². The molecule has 0 spiro atoms. The Labute approximate surface area is 163 Å². The van der Waals surface area contributed by atoms with Crippen molar-refractivity contribution in [2.24, 2.45) is 0 Å². The molecule has 150 valence electrons. The van der Waals surface area contributed by atoms with Crippen LogP contribution >= 0.6 is 0 Å². The largest absolute Gasteiger partial charge is 0.493 e. The molecule has 5 heteroatoms. The van der Waals surface area contributed by atoms with Crippen LogP contribution in [0.25, 0.3) is 0 Å². The Morgan fingerprint density at radius 2 is 2.19 bits per heavy atom. The lowest BCUT2D eigenvalue weighted by atomic mass is 10.0. The van der Waals surface area contributed by atoms with E-state index in [1.54, 1.807) is 7.11 Å². The second-order valence-corrected chi connectivity index (χ2v) is 7.60. The van der Waals surface area contributed by atoms with Gasteiger partial charge in [0.2, 0.25) is 0 Å². The molecule has 3 rings (SSSR count). The van der Waals surface area contributed by atoms with Crippen molar-refractivity contribution in [1.29, 1.82) is 0 Å². The third kappa shape index (κ3) is 4.65. The highest BCUT2D eigenvalue weighted by Gasteiger charge is 2.36. The van der Waals surface area contributed by atoms with Gasteiger partial charge in [0.1, 0.15) is 0 Å². The molecule has 1 aromatic carbocycles. The third-order valence-electron chi connectivity index (χ3n) is 5.82. The van der Waals surface area contributed by atoms with Crippen LogP contribution in [0, 0.1) is 0 Å². The summed E-state index contributed by atoms with van der Waals surface area (Å²) in [5, 5.41) is 9.54. The van der Waals surface area contributed by atoms with Crippen LogP contribution in [0.15, 0.2) is 24.8 Å². The van der Waals surface area contributed by atoms with Crippen molar-refractivity contribution in [3.05, 3.63) is 35.9 Å². The normalized spacial score (nSPS) is 23.2. The molecule has 5 nitrogen and oxygen atoms in total. The second-order valence-electron chi connectivity index (χ2n) is 7.60. The minimum absolute atomic E-state index is 0.244. The van der Waals surface area contributed by atoms with Gasteiger partial charge in [-0.15, -0.1) is 6.58 Å². The summed E-state index contributed by atoms with van der Waals surface area (Å²) < 4.78 is 11.5. The number of benzene rings is 1. The van der Waals surface area contributed by atoms with Crippen LogP contribution in [-0.4, -0.2) is 66.9 Å². The zero-order chi connectivity index (χ0) is 19.2. The lowest BCUT2D eigenvalue weighted by Gasteiger charge is -2.43. The molecule has 0 aliphatic carbocycles. The van der Waals surface area contributed by atoms with E-state index in [0.29, 0.717) is 18.7 Å². The first-order chi connectivity index (χ1) is 13.2. The van der Waals surface area contributed by atoms with E-state index in [2.05, 4.69) is 28.5 Å². The first-order valence-electron chi connectivity index (χ1n) is 10.2. The maximum Gasteiger partial charge on any atom is 0.164 e. The van der Waals surface area contributed by atoms with Crippen LogP contribution in [0.4, 0.5) is 0 Å². The van der Waals surface area contributed by atoms with Crippen LogP contribution in [0.5, 0.6) is 11.5 Å². The molecular weight excluding hydrogens is 340 g/mol. The molecule has 2 fully saturated rings. The first-order valence-corrected chi connectivity index (χ1v) is 10.2. The first kappa shape index (κ1) is 20.2. The predicted molar refractivity (Wildman–Crippen MR) is 109 cm³/mol. The van der Waals surface area contributed by atoms with Gasteiger partial charge in [0.25, 0.3) is 0 Å². The number of aliphatic hydroxyl groups excluding tert-OH is 1. The molecule has 0 bridgehead atoms. The maximum atomic E-state index is 9.54. The van der Waals surface area contributed by atoms with Gasteiger partial charge >= 0.3 is 0 Å². The van der Waals surface area contributed by atoms with Crippen molar-refractivity contribution in [3.8, 4) is 11.5 Å². The van der Waals surface area contributed by atoms with Crippen molar-refractivity contribution in [2.75, 3.05) is 40.0 Å². The van der Waals surface area contributed by atoms with Crippen molar-refractivity contribution in [2.45, 2.75) is 51.2 Å². The monoisotopic (exact) mass is 374 g/mol.